The first kappa shape index (κ1) is 13.0. The maximum atomic E-state index is 12.0. The highest BCUT2D eigenvalue weighted by Crippen LogP contribution is 2.13. The minimum absolute atomic E-state index is 0.00842. The highest BCUT2D eigenvalue weighted by molar-refractivity contribution is 5.79. The Morgan fingerprint density at radius 1 is 1.61 bits per heavy atom. The molecule has 0 aromatic carbocycles. The van der Waals surface area contributed by atoms with Crippen molar-refractivity contribution in [2.45, 2.75) is 19.5 Å². The Labute approximate surface area is 106 Å². The first-order chi connectivity index (χ1) is 8.70. The third-order valence-electron chi connectivity index (χ3n) is 2.95. The Morgan fingerprint density at radius 3 is 3.11 bits per heavy atom. The number of carbonyl (C=O) groups excluding carboxylic acids is 1. The topological polar surface area (TPSA) is 81.1 Å². The van der Waals surface area contributed by atoms with Crippen LogP contribution in [0.25, 0.3) is 0 Å². The Balaban J connectivity index is 1.83. The minimum Gasteiger partial charge on any atom is -0.379 e. The lowest BCUT2D eigenvalue weighted by molar-refractivity contribution is -0.125. The fraction of sp³-hybridized carbons (Fsp3) is 0.727. The molecule has 0 aliphatic carbocycles. The van der Waals surface area contributed by atoms with Crippen molar-refractivity contribution in [2.75, 3.05) is 19.8 Å². The predicted molar refractivity (Wildman–Crippen MR) is 64.6 cm³/mol. The third-order valence-corrected chi connectivity index (χ3v) is 2.95. The molecule has 0 bridgehead atoms. The fourth-order valence-electron chi connectivity index (χ4n) is 2.04. The largest absolute Gasteiger partial charge is 0.379 e. The van der Waals surface area contributed by atoms with E-state index in [1.165, 1.54) is 0 Å². The van der Waals surface area contributed by atoms with Gasteiger partial charge in [0.1, 0.15) is 6.33 Å². The molecule has 0 spiro atoms. The van der Waals surface area contributed by atoms with Gasteiger partial charge in [-0.25, -0.2) is 4.98 Å². The van der Waals surface area contributed by atoms with E-state index in [9.17, 15) is 4.79 Å². The van der Waals surface area contributed by atoms with Crippen molar-refractivity contribution in [1.82, 2.24) is 25.4 Å². The fourth-order valence-corrected chi connectivity index (χ4v) is 2.04. The summed E-state index contributed by atoms with van der Waals surface area (Å²) in [6, 6.07) is 0.103. The number of amides is 1. The molecule has 2 heterocycles. The molecule has 2 atom stereocenters. The SMILES string of the molecule is CCNC1COCC1C(=O)NCc1ncn(C)n1. The Morgan fingerprint density at radius 2 is 2.44 bits per heavy atom. The van der Waals surface area contributed by atoms with E-state index in [-0.39, 0.29) is 17.9 Å². The average molecular weight is 253 g/mol. The van der Waals surface area contributed by atoms with Gasteiger partial charge in [0.25, 0.3) is 0 Å². The highest BCUT2D eigenvalue weighted by Gasteiger charge is 2.33. The average Bonchev–Trinajstić information content (AvgIpc) is 2.96. The Kier molecular flexibility index (Phi) is 4.27. The summed E-state index contributed by atoms with van der Waals surface area (Å²) in [6.45, 7) is 4.27. The van der Waals surface area contributed by atoms with E-state index < -0.39 is 0 Å². The number of aryl methyl sites for hydroxylation is 1. The van der Waals surface area contributed by atoms with Crippen LogP contribution in [0.1, 0.15) is 12.7 Å². The van der Waals surface area contributed by atoms with Crippen LogP contribution in [0.5, 0.6) is 0 Å². The highest BCUT2D eigenvalue weighted by atomic mass is 16.5. The number of hydrogen-bond acceptors (Lipinski definition) is 5. The molecule has 100 valence electrons. The predicted octanol–water partition coefficient (Wildman–Crippen LogP) is -0.944. The van der Waals surface area contributed by atoms with Gasteiger partial charge < -0.3 is 15.4 Å². The molecule has 2 N–H and O–H groups in total. The third kappa shape index (κ3) is 3.05. The van der Waals surface area contributed by atoms with Crippen LogP contribution in [0.4, 0.5) is 0 Å². The molecule has 18 heavy (non-hydrogen) atoms. The summed E-state index contributed by atoms with van der Waals surface area (Å²) in [4.78, 5) is 16.1. The normalized spacial score (nSPS) is 23.2. The molecular formula is C11H19N5O2. The van der Waals surface area contributed by atoms with E-state index in [0.29, 0.717) is 25.6 Å². The monoisotopic (exact) mass is 253 g/mol. The van der Waals surface area contributed by atoms with Crippen LogP contribution in [0.3, 0.4) is 0 Å². The number of aromatic nitrogens is 3. The molecule has 1 saturated heterocycles. The number of nitrogens with zero attached hydrogens (tertiary/aromatic N) is 3. The maximum Gasteiger partial charge on any atom is 0.227 e. The van der Waals surface area contributed by atoms with Gasteiger partial charge in [-0.1, -0.05) is 6.92 Å². The van der Waals surface area contributed by atoms with Crippen LogP contribution in [0.15, 0.2) is 6.33 Å². The number of carbonyl (C=O) groups is 1. The quantitative estimate of drug-likeness (QED) is 0.707. The molecule has 1 aliphatic rings. The van der Waals surface area contributed by atoms with Gasteiger partial charge in [0, 0.05) is 13.1 Å². The van der Waals surface area contributed by atoms with E-state index in [1.807, 2.05) is 6.92 Å². The summed E-state index contributed by atoms with van der Waals surface area (Å²) in [5.74, 6) is 0.476. The molecule has 1 amide bonds. The van der Waals surface area contributed by atoms with Gasteiger partial charge in [-0.05, 0) is 6.54 Å². The zero-order chi connectivity index (χ0) is 13.0. The Hall–Kier alpha value is -1.47. The summed E-state index contributed by atoms with van der Waals surface area (Å²) < 4.78 is 6.95. The van der Waals surface area contributed by atoms with Gasteiger partial charge in [-0.15, -0.1) is 0 Å². The number of hydrogen-bond donors (Lipinski definition) is 2. The zero-order valence-corrected chi connectivity index (χ0v) is 10.7. The summed E-state index contributed by atoms with van der Waals surface area (Å²) in [5.41, 5.74) is 0. The molecule has 2 rings (SSSR count). The molecule has 1 aromatic heterocycles. The first-order valence-corrected chi connectivity index (χ1v) is 6.14. The van der Waals surface area contributed by atoms with Crippen LogP contribution in [0.2, 0.25) is 0 Å². The second-order valence-electron chi connectivity index (χ2n) is 4.36. The van der Waals surface area contributed by atoms with Gasteiger partial charge in [0.05, 0.1) is 25.7 Å². The first-order valence-electron chi connectivity index (χ1n) is 6.14. The van der Waals surface area contributed by atoms with Crippen LogP contribution in [-0.2, 0) is 23.1 Å². The van der Waals surface area contributed by atoms with E-state index in [2.05, 4.69) is 20.7 Å². The lowest BCUT2D eigenvalue weighted by Gasteiger charge is -2.17. The molecule has 2 unspecified atom stereocenters. The van der Waals surface area contributed by atoms with Crippen molar-refractivity contribution in [1.29, 1.82) is 0 Å². The van der Waals surface area contributed by atoms with Crippen LogP contribution >= 0.6 is 0 Å². The van der Waals surface area contributed by atoms with Crippen LogP contribution in [0, 0.1) is 5.92 Å². The molecule has 7 heteroatoms. The van der Waals surface area contributed by atoms with Crippen molar-refractivity contribution >= 4 is 5.91 Å². The second kappa shape index (κ2) is 5.92. The molecule has 1 aromatic rings. The second-order valence-corrected chi connectivity index (χ2v) is 4.36. The van der Waals surface area contributed by atoms with E-state index in [0.717, 1.165) is 6.54 Å². The standard InChI is InChI=1S/C11H19N5O2/c1-3-12-9-6-18-5-8(9)11(17)13-4-10-14-7-16(2)15-10/h7-9,12H,3-6H2,1-2H3,(H,13,17). The van der Waals surface area contributed by atoms with Gasteiger partial charge >= 0.3 is 0 Å². The van der Waals surface area contributed by atoms with Gasteiger partial charge in [-0.3, -0.25) is 9.48 Å². The van der Waals surface area contributed by atoms with E-state index in [1.54, 1.807) is 18.1 Å². The number of ether oxygens (including phenoxy) is 1. The van der Waals surface area contributed by atoms with Crippen molar-refractivity contribution < 1.29 is 9.53 Å². The lowest BCUT2D eigenvalue weighted by atomic mass is 10.0. The number of nitrogens with one attached hydrogen (secondary N) is 2. The minimum atomic E-state index is -0.131. The smallest absolute Gasteiger partial charge is 0.227 e. The molecule has 1 fully saturated rings. The molecule has 1 aliphatic heterocycles. The zero-order valence-electron chi connectivity index (χ0n) is 10.7. The van der Waals surface area contributed by atoms with Crippen molar-refractivity contribution in [3.8, 4) is 0 Å². The van der Waals surface area contributed by atoms with Gasteiger partial charge in [0.15, 0.2) is 5.82 Å². The van der Waals surface area contributed by atoms with Gasteiger partial charge in [-0.2, -0.15) is 5.10 Å². The van der Waals surface area contributed by atoms with Crippen molar-refractivity contribution in [3.05, 3.63) is 12.2 Å². The summed E-state index contributed by atoms with van der Waals surface area (Å²) in [6.07, 6.45) is 1.61. The number of likely N-dealkylation sites (N-methyl/N-ethyl adjacent to an activating group) is 1. The molecule has 0 saturated carbocycles. The summed E-state index contributed by atoms with van der Waals surface area (Å²) in [5, 5.41) is 10.2. The van der Waals surface area contributed by atoms with Crippen molar-refractivity contribution in [3.63, 3.8) is 0 Å². The summed E-state index contributed by atoms with van der Waals surface area (Å²) in [7, 11) is 1.80. The van der Waals surface area contributed by atoms with Gasteiger partial charge in [0.2, 0.25) is 5.91 Å². The molecule has 7 nitrogen and oxygen atoms in total. The number of rotatable bonds is 5. The lowest BCUT2D eigenvalue weighted by Crippen LogP contribution is -2.43. The maximum absolute atomic E-state index is 12.0. The Bertz CT molecular complexity index is 406. The van der Waals surface area contributed by atoms with E-state index >= 15 is 0 Å². The van der Waals surface area contributed by atoms with Crippen LogP contribution in [-0.4, -0.2) is 46.5 Å². The summed E-state index contributed by atoms with van der Waals surface area (Å²) >= 11 is 0. The van der Waals surface area contributed by atoms with Crippen molar-refractivity contribution in [2.24, 2.45) is 13.0 Å². The molecular weight excluding hydrogens is 234 g/mol. The van der Waals surface area contributed by atoms with E-state index in [4.69, 9.17) is 4.74 Å². The molecule has 0 radical (unpaired) electrons. The van der Waals surface area contributed by atoms with Crippen LogP contribution < -0.4 is 10.6 Å².